The Balaban J connectivity index is 2.03. The molecule has 0 heterocycles. The Hall–Kier alpha value is -2.17. The average molecular weight is 422 g/mol. The second-order valence-electron chi connectivity index (χ2n) is 6.08. The Bertz CT molecular complexity index is 850. The normalized spacial score (nSPS) is 11.2. The molecule has 0 unspecified atom stereocenters. The minimum Gasteiger partial charge on any atom is -0.493 e. The van der Waals surface area contributed by atoms with E-state index in [0.717, 1.165) is 17.5 Å². The van der Waals surface area contributed by atoms with Crippen molar-refractivity contribution in [3.63, 3.8) is 0 Å². The third kappa shape index (κ3) is 5.91. The molecular weight excluding hydrogens is 397 g/mol. The van der Waals surface area contributed by atoms with Gasteiger partial charge in [-0.25, -0.2) is 0 Å². The van der Waals surface area contributed by atoms with Crippen molar-refractivity contribution in [3.05, 3.63) is 63.6 Å². The van der Waals surface area contributed by atoms with Gasteiger partial charge in [0.1, 0.15) is 0 Å². The fraction of sp³-hybridized carbons (Fsp3) is 0.318. The van der Waals surface area contributed by atoms with Crippen LogP contribution in [0.4, 0.5) is 0 Å². The molecule has 0 aliphatic heterocycles. The highest BCUT2D eigenvalue weighted by atomic mass is 35.5. The number of allylic oxidation sites excluding steroid dienone is 1. The number of ether oxygens (including phenoxy) is 2. The molecule has 28 heavy (non-hydrogen) atoms. The van der Waals surface area contributed by atoms with E-state index in [1.165, 1.54) is 0 Å². The molecule has 0 atom stereocenters. The van der Waals surface area contributed by atoms with Crippen molar-refractivity contribution in [1.82, 2.24) is 5.32 Å². The molecule has 0 aliphatic rings. The molecule has 0 saturated heterocycles. The topological polar surface area (TPSA) is 47.6 Å². The van der Waals surface area contributed by atoms with Gasteiger partial charge in [0.2, 0.25) is 0 Å². The standard InChI is InChI=1S/C22H25Cl2NO3/c1-4-6-17(16-8-9-18(23)19(24)14-16)22(26)25-12-11-15-7-10-20(28-5-2)21(13-15)27-3/h6-10,13-14H,4-5,11-12H2,1-3H3,(H,25,26)/b17-6+. The van der Waals surface area contributed by atoms with E-state index in [2.05, 4.69) is 5.32 Å². The number of carbonyl (C=O) groups excluding carboxylic acids is 1. The Morgan fingerprint density at radius 3 is 2.50 bits per heavy atom. The molecule has 6 heteroatoms. The second kappa shape index (κ2) is 11.0. The first-order valence-electron chi connectivity index (χ1n) is 9.23. The van der Waals surface area contributed by atoms with Gasteiger partial charge in [0, 0.05) is 12.1 Å². The predicted molar refractivity (Wildman–Crippen MR) is 116 cm³/mol. The first-order valence-corrected chi connectivity index (χ1v) is 9.99. The highest BCUT2D eigenvalue weighted by molar-refractivity contribution is 6.42. The van der Waals surface area contributed by atoms with Gasteiger partial charge in [0.05, 0.1) is 23.8 Å². The van der Waals surface area contributed by atoms with Crippen molar-refractivity contribution in [2.45, 2.75) is 26.7 Å². The summed E-state index contributed by atoms with van der Waals surface area (Å²) in [6.45, 7) is 4.99. The summed E-state index contributed by atoms with van der Waals surface area (Å²) in [6.07, 6.45) is 3.29. The zero-order valence-electron chi connectivity index (χ0n) is 16.4. The fourth-order valence-corrected chi connectivity index (χ4v) is 3.07. The van der Waals surface area contributed by atoms with Crippen LogP contribution in [0.25, 0.3) is 5.57 Å². The Morgan fingerprint density at radius 2 is 1.86 bits per heavy atom. The van der Waals surface area contributed by atoms with Crippen LogP contribution in [0.3, 0.4) is 0 Å². The third-order valence-corrected chi connectivity index (χ3v) is 4.85. The van der Waals surface area contributed by atoms with E-state index in [1.807, 2.05) is 38.1 Å². The summed E-state index contributed by atoms with van der Waals surface area (Å²) in [5.74, 6) is 1.26. The van der Waals surface area contributed by atoms with E-state index in [4.69, 9.17) is 32.7 Å². The number of benzene rings is 2. The van der Waals surface area contributed by atoms with Gasteiger partial charge in [-0.3, -0.25) is 4.79 Å². The third-order valence-electron chi connectivity index (χ3n) is 4.11. The first kappa shape index (κ1) is 22.1. The van der Waals surface area contributed by atoms with E-state index in [-0.39, 0.29) is 5.91 Å². The molecule has 0 fully saturated rings. The van der Waals surface area contributed by atoms with E-state index < -0.39 is 0 Å². The molecule has 0 bridgehead atoms. The Labute approximate surface area is 176 Å². The minimum atomic E-state index is -0.141. The minimum absolute atomic E-state index is 0.141. The van der Waals surface area contributed by atoms with Gasteiger partial charge in [-0.2, -0.15) is 0 Å². The van der Waals surface area contributed by atoms with Crippen molar-refractivity contribution in [1.29, 1.82) is 0 Å². The molecule has 2 aromatic carbocycles. The number of hydrogen-bond acceptors (Lipinski definition) is 3. The van der Waals surface area contributed by atoms with Crippen LogP contribution in [0.2, 0.25) is 10.0 Å². The molecule has 0 aromatic heterocycles. The molecule has 0 aliphatic carbocycles. The number of rotatable bonds is 9. The van der Waals surface area contributed by atoms with E-state index in [0.29, 0.717) is 46.7 Å². The van der Waals surface area contributed by atoms with Gasteiger partial charge in [-0.05, 0) is 55.2 Å². The summed E-state index contributed by atoms with van der Waals surface area (Å²) in [5.41, 5.74) is 2.39. The quantitative estimate of drug-likeness (QED) is 0.539. The summed E-state index contributed by atoms with van der Waals surface area (Å²) in [6, 6.07) is 11.0. The molecule has 150 valence electrons. The van der Waals surface area contributed by atoms with Gasteiger partial charge >= 0.3 is 0 Å². The molecule has 0 spiro atoms. The van der Waals surface area contributed by atoms with E-state index in [1.54, 1.807) is 25.3 Å². The van der Waals surface area contributed by atoms with Crippen LogP contribution in [0.15, 0.2) is 42.5 Å². The van der Waals surface area contributed by atoms with Gasteiger partial charge in [-0.1, -0.05) is 48.3 Å². The van der Waals surface area contributed by atoms with Crippen molar-refractivity contribution in [2.75, 3.05) is 20.3 Å². The fourth-order valence-electron chi connectivity index (χ4n) is 2.77. The molecule has 1 amide bonds. The number of hydrogen-bond donors (Lipinski definition) is 1. The highest BCUT2D eigenvalue weighted by Gasteiger charge is 2.13. The molecule has 0 radical (unpaired) electrons. The average Bonchev–Trinajstić information content (AvgIpc) is 2.69. The lowest BCUT2D eigenvalue weighted by Gasteiger charge is -2.12. The van der Waals surface area contributed by atoms with Crippen molar-refractivity contribution >= 4 is 34.7 Å². The van der Waals surface area contributed by atoms with Crippen LogP contribution in [0, 0.1) is 0 Å². The van der Waals surface area contributed by atoms with Crippen LogP contribution < -0.4 is 14.8 Å². The maximum Gasteiger partial charge on any atom is 0.251 e. The molecule has 4 nitrogen and oxygen atoms in total. The highest BCUT2D eigenvalue weighted by Crippen LogP contribution is 2.28. The largest absolute Gasteiger partial charge is 0.493 e. The Morgan fingerprint density at radius 1 is 1.07 bits per heavy atom. The molecule has 2 rings (SSSR count). The predicted octanol–water partition coefficient (Wildman–Crippen LogP) is 5.55. The monoisotopic (exact) mass is 421 g/mol. The van der Waals surface area contributed by atoms with Crippen molar-refractivity contribution in [3.8, 4) is 11.5 Å². The number of methoxy groups -OCH3 is 1. The first-order chi connectivity index (χ1) is 13.5. The molecule has 2 aromatic rings. The van der Waals surface area contributed by atoms with Crippen molar-refractivity contribution < 1.29 is 14.3 Å². The Kier molecular flexibility index (Phi) is 8.68. The number of amides is 1. The summed E-state index contributed by atoms with van der Waals surface area (Å²) in [7, 11) is 1.61. The van der Waals surface area contributed by atoms with Gasteiger partial charge in [-0.15, -0.1) is 0 Å². The molecule has 1 N–H and O–H groups in total. The maximum atomic E-state index is 12.7. The van der Waals surface area contributed by atoms with Gasteiger partial charge in [0.25, 0.3) is 5.91 Å². The summed E-state index contributed by atoms with van der Waals surface area (Å²) >= 11 is 12.1. The maximum absolute atomic E-state index is 12.7. The molecular formula is C22H25Cl2NO3. The summed E-state index contributed by atoms with van der Waals surface area (Å²) in [4.78, 5) is 12.7. The van der Waals surface area contributed by atoms with Crippen LogP contribution in [-0.2, 0) is 11.2 Å². The zero-order valence-corrected chi connectivity index (χ0v) is 17.9. The SMILES string of the molecule is CC/C=C(/C(=O)NCCc1ccc(OCC)c(OC)c1)c1ccc(Cl)c(Cl)c1. The lowest BCUT2D eigenvalue weighted by Crippen LogP contribution is -2.26. The van der Waals surface area contributed by atoms with Crippen LogP contribution >= 0.6 is 23.2 Å². The lowest BCUT2D eigenvalue weighted by atomic mass is 10.0. The molecule has 0 saturated carbocycles. The zero-order chi connectivity index (χ0) is 20.5. The number of halogens is 2. The van der Waals surface area contributed by atoms with E-state index in [9.17, 15) is 4.79 Å². The summed E-state index contributed by atoms with van der Waals surface area (Å²) < 4.78 is 10.9. The lowest BCUT2D eigenvalue weighted by molar-refractivity contribution is -0.115. The van der Waals surface area contributed by atoms with Gasteiger partial charge < -0.3 is 14.8 Å². The van der Waals surface area contributed by atoms with E-state index >= 15 is 0 Å². The summed E-state index contributed by atoms with van der Waals surface area (Å²) in [5, 5.41) is 3.86. The smallest absolute Gasteiger partial charge is 0.251 e. The second-order valence-corrected chi connectivity index (χ2v) is 6.89. The number of nitrogens with one attached hydrogen (secondary N) is 1. The van der Waals surface area contributed by atoms with Crippen molar-refractivity contribution in [2.24, 2.45) is 0 Å². The van der Waals surface area contributed by atoms with Gasteiger partial charge in [0.15, 0.2) is 11.5 Å². The van der Waals surface area contributed by atoms with Crippen LogP contribution in [0.1, 0.15) is 31.4 Å². The van der Waals surface area contributed by atoms with Crippen LogP contribution in [0.5, 0.6) is 11.5 Å². The number of carbonyl (C=O) groups is 1. The van der Waals surface area contributed by atoms with Crippen LogP contribution in [-0.4, -0.2) is 26.2 Å².